The lowest BCUT2D eigenvalue weighted by Crippen LogP contribution is -2.33. The second-order valence-corrected chi connectivity index (χ2v) is 5.36. The molecule has 0 aliphatic heterocycles. The van der Waals surface area contributed by atoms with E-state index in [1.807, 2.05) is 44.2 Å². The van der Waals surface area contributed by atoms with Crippen LogP contribution in [0.15, 0.2) is 48.7 Å². The van der Waals surface area contributed by atoms with Crippen molar-refractivity contribution in [3.63, 3.8) is 0 Å². The summed E-state index contributed by atoms with van der Waals surface area (Å²) in [6.45, 7) is 3.75. The summed E-state index contributed by atoms with van der Waals surface area (Å²) in [5.74, 6) is -0.204. The second-order valence-electron chi connectivity index (χ2n) is 5.36. The van der Waals surface area contributed by atoms with E-state index in [-0.39, 0.29) is 5.91 Å². The first-order valence-electron chi connectivity index (χ1n) is 6.44. The van der Waals surface area contributed by atoms with E-state index in [1.165, 1.54) is 12.1 Å². The van der Waals surface area contributed by atoms with Gasteiger partial charge < -0.3 is 5.32 Å². The van der Waals surface area contributed by atoms with Gasteiger partial charge in [-0.3, -0.25) is 4.79 Å². The molecule has 0 spiro atoms. The van der Waals surface area contributed by atoms with E-state index in [2.05, 4.69) is 10.3 Å². The quantitative estimate of drug-likeness (QED) is 0.926. The SMILES string of the molecule is CC(C)(Cc1ccccc1)C(=O)Nc1ccc(F)cn1. The Bertz CT molecular complexity index is 579. The Balaban J connectivity index is 2.05. The highest BCUT2D eigenvalue weighted by Gasteiger charge is 2.28. The molecule has 0 atom stereocenters. The minimum atomic E-state index is -0.572. The molecular formula is C16H17FN2O. The van der Waals surface area contributed by atoms with Crippen molar-refractivity contribution in [1.82, 2.24) is 4.98 Å². The Morgan fingerprint density at radius 3 is 2.50 bits per heavy atom. The highest BCUT2D eigenvalue weighted by Crippen LogP contribution is 2.23. The number of halogens is 1. The lowest BCUT2D eigenvalue weighted by molar-refractivity contribution is -0.123. The minimum Gasteiger partial charge on any atom is -0.310 e. The van der Waals surface area contributed by atoms with E-state index in [9.17, 15) is 9.18 Å². The summed E-state index contributed by atoms with van der Waals surface area (Å²) in [6.07, 6.45) is 1.71. The first-order valence-corrected chi connectivity index (χ1v) is 6.44. The van der Waals surface area contributed by atoms with Crippen molar-refractivity contribution in [2.45, 2.75) is 20.3 Å². The topological polar surface area (TPSA) is 42.0 Å². The van der Waals surface area contributed by atoms with Gasteiger partial charge in [-0.1, -0.05) is 44.2 Å². The number of nitrogens with zero attached hydrogens (tertiary/aromatic N) is 1. The zero-order chi connectivity index (χ0) is 14.6. The number of amides is 1. The predicted octanol–water partition coefficient (Wildman–Crippen LogP) is 3.43. The summed E-state index contributed by atoms with van der Waals surface area (Å²) in [6, 6.07) is 12.5. The molecule has 0 bridgehead atoms. The molecular weight excluding hydrogens is 255 g/mol. The molecule has 0 saturated carbocycles. The van der Waals surface area contributed by atoms with Gasteiger partial charge in [0.25, 0.3) is 0 Å². The third-order valence-electron chi connectivity index (χ3n) is 3.07. The van der Waals surface area contributed by atoms with Crippen LogP contribution in [-0.2, 0) is 11.2 Å². The van der Waals surface area contributed by atoms with Gasteiger partial charge in [-0.15, -0.1) is 0 Å². The monoisotopic (exact) mass is 272 g/mol. The molecule has 0 aliphatic carbocycles. The molecule has 20 heavy (non-hydrogen) atoms. The normalized spacial score (nSPS) is 11.2. The van der Waals surface area contributed by atoms with E-state index in [0.717, 1.165) is 11.8 Å². The smallest absolute Gasteiger partial charge is 0.231 e. The lowest BCUT2D eigenvalue weighted by Gasteiger charge is -2.23. The molecule has 0 aliphatic rings. The Hall–Kier alpha value is -2.23. The zero-order valence-electron chi connectivity index (χ0n) is 11.6. The van der Waals surface area contributed by atoms with Gasteiger partial charge in [0.05, 0.1) is 6.20 Å². The molecule has 4 heteroatoms. The number of hydrogen-bond donors (Lipinski definition) is 1. The predicted molar refractivity (Wildman–Crippen MR) is 76.8 cm³/mol. The standard InChI is InChI=1S/C16H17FN2O/c1-16(2,10-12-6-4-3-5-7-12)15(20)19-14-9-8-13(17)11-18-14/h3-9,11H,10H2,1-2H3,(H,18,19,20). The van der Waals surface area contributed by atoms with Gasteiger partial charge in [-0.25, -0.2) is 9.37 Å². The highest BCUT2D eigenvalue weighted by atomic mass is 19.1. The van der Waals surface area contributed by atoms with E-state index in [0.29, 0.717) is 12.2 Å². The Morgan fingerprint density at radius 1 is 1.20 bits per heavy atom. The Kier molecular flexibility index (Phi) is 4.13. The lowest BCUT2D eigenvalue weighted by atomic mass is 9.85. The maximum atomic E-state index is 12.8. The first kappa shape index (κ1) is 14.2. The number of carbonyl (C=O) groups is 1. The maximum absolute atomic E-state index is 12.8. The third-order valence-corrected chi connectivity index (χ3v) is 3.07. The number of carbonyl (C=O) groups excluding carboxylic acids is 1. The highest BCUT2D eigenvalue weighted by molar-refractivity contribution is 5.94. The number of nitrogens with one attached hydrogen (secondary N) is 1. The molecule has 0 fully saturated rings. The van der Waals surface area contributed by atoms with Crippen LogP contribution >= 0.6 is 0 Å². The van der Waals surface area contributed by atoms with Gasteiger partial charge in [0, 0.05) is 5.41 Å². The summed E-state index contributed by atoms with van der Waals surface area (Å²) in [5, 5.41) is 2.71. The summed E-state index contributed by atoms with van der Waals surface area (Å²) in [5.41, 5.74) is 0.525. The number of benzene rings is 1. The average molecular weight is 272 g/mol. The number of rotatable bonds is 4. The van der Waals surface area contributed by atoms with Crippen LogP contribution in [0.3, 0.4) is 0 Å². The molecule has 104 valence electrons. The number of aromatic nitrogens is 1. The first-order chi connectivity index (χ1) is 9.47. The Morgan fingerprint density at radius 2 is 1.90 bits per heavy atom. The van der Waals surface area contributed by atoms with Crippen molar-refractivity contribution in [1.29, 1.82) is 0 Å². The summed E-state index contributed by atoms with van der Waals surface area (Å²) < 4.78 is 12.8. The maximum Gasteiger partial charge on any atom is 0.231 e. The van der Waals surface area contributed by atoms with Crippen LogP contribution in [-0.4, -0.2) is 10.9 Å². The molecule has 1 heterocycles. The summed E-state index contributed by atoms with van der Waals surface area (Å²) in [7, 11) is 0. The zero-order valence-corrected chi connectivity index (χ0v) is 11.6. The van der Waals surface area contributed by atoms with Gasteiger partial charge in [0.1, 0.15) is 11.6 Å². The average Bonchev–Trinajstić information content (AvgIpc) is 2.42. The molecule has 3 nitrogen and oxygen atoms in total. The number of hydrogen-bond acceptors (Lipinski definition) is 2. The summed E-state index contributed by atoms with van der Waals surface area (Å²) >= 11 is 0. The van der Waals surface area contributed by atoms with E-state index in [1.54, 1.807) is 0 Å². The fourth-order valence-electron chi connectivity index (χ4n) is 1.92. The van der Waals surface area contributed by atoms with Crippen LogP contribution in [0.2, 0.25) is 0 Å². The van der Waals surface area contributed by atoms with Crippen LogP contribution in [0, 0.1) is 11.2 Å². The molecule has 1 N–H and O–H groups in total. The molecule has 0 radical (unpaired) electrons. The van der Waals surface area contributed by atoms with Crippen LogP contribution in [0.4, 0.5) is 10.2 Å². The van der Waals surface area contributed by atoms with E-state index in [4.69, 9.17) is 0 Å². The van der Waals surface area contributed by atoms with Gasteiger partial charge in [-0.05, 0) is 24.1 Å². The minimum absolute atomic E-state index is 0.138. The molecule has 0 saturated heterocycles. The molecule has 1 aromatic heterocycles. The van der Waals surface area contributed by atoms with E-state index >= 15 is 0 Å². The molecule has 2 aromatic rings. The van der Waals surface area contributed by atoms with Gasteiger partial charge in [-0.2, -0.15) is 0 Å². The van der Waals surface area contributed by atoms with Crippen molar-refractivity contribution >= 4 is 11.7 Å². The van der Waals surface area contributed by atoms with Crippen LogP contribution < -0.4 is 5.32 Å². The van der Waals surface area contributed by atoms with Crippen molar-refractivity contribution in [2.75, 3.05) is 5.32 Å². The van der Waals surface area contributed by atoms with Crippen LogP contribution in [0.5, 0.6) is 0 Å². The van der Waals surface area contributed by atoms with Gasteiger partial charge in [0.2, 0.25) is 5.91 Å². The Labute approximate surface area is 117 Å². The largest absolute Gasteiger partial charge is 0.310 e. The molecule has 1 aromatic carbocycles. The van der Waals surface area contributed by atoms with Crippen molar-refractivity contribution in [2.24, 2.45) is 5.41 Å². The van der Waals surface area contributed by atoms with Crippen LogP contribution in [0.1, 0.15) is 19.4 Å². The van der Waals surface area contributed by atoms with Crippen molar-refractivity contribution in [3.8, 4) is 0 Å². The molecule has 1 amide bonds. The number of anilines is 1. The van der Waals surface area contributed by atoms with Gasteiger partial charge >= 0.3 is 0 Å². The number of pyridine rings is 1. The molecule has 2 rings (SSSR count). The second kappa shape index (κ2) is 5.82. The van der Waals surface area contributed by atoms with Gasteiger partial charge in [0.15, 0.2) is 0 Å². The fourth-order valence-corrected chi connectivity index (χ4v) is 1.92. The van der Waals surface area contributed by atoms with Crippen LogP contribution in [0.25, 0.3) is 0 Å². The fraction of sp³-hybridized carbons (Fsp3) is 0.250. The van der Waals surface area contributed by atoms with Crippen molar-refractivity contribution in [3.05, 3.63) is 60.0 Å². The van der Waals surface area contributed by atoms with E-state index < -0.39 is 11.2 Å². The third kappa shape index (κ3) is 3.63. The molecule has 0 unspecified atom stereocenters. The summed E-state index contributed by atoms with van der Waals surface area (Å²) in [4.78, 5) is 16.1. The van der Waals surface area contributed by atoms with Crippen molar-refractivity contribution < 1.29 is 9.18 Å².